The van der Waals surface area contributed by atoms with Crippen molar-refractivity contribution in [3.63, 3.8) is 0 Å². The summed E-state index contributed by atoms with van der Waals surface area (Å²) in [5.41, 5.74) is 4.11. The van der Waals surface area contributed by atoms with E-state index in [1.807, 2.05) is 28.9 Å². The first-order valence-corrected chi connectivity index (χ1v) is 11.4. The van der Waals surface area contributed by atoms with Gasteiger partial charge >= 0.3 is 0 Å². The van der Waals surface area contributed by atoms with Crippen LogP contribution in [0.4, 0.5) is 0 Å². The molecule has 0 bridgehead atoms. The van der Waals surface area contributed by atoms with Crippen molar-refractivity contribution in [2.75, 3.05) is 5.75 Å². The lowest BCUT2D eigenvalue weighted by atomic mass is 10.1. The Labute approximate surface area is 186 Å². The summed E-state index contributed by atoms with van der Waals surface area (Å²) < 4.78 is 1.84. The summed E-state index contributed by atoms with van der Waals surface area (Å²) in [5.74, 6) is 1.50. The summed E-state index contributed by atoms with van der Waals surface area (Å²) in [5, 5.41) is 15.7. The average molecular weight is 457 g/mol. The number of aromatic nitrogens is 3. The van der Waals surface area contributed by atoms with Crippen molar-refractivity contribution < 1.29 is 0 Å². The molecule has 0 unspecified atom stereocenters. The lowest BCUT2D eigenvalue weighted by Gasteiger charge is -2.13. The van der Waals surface area contributed by atoms with E-state index in [0.717, 1.165) is 43.3 Å². The Morgan fingerprint density at radius 1 is 0.966 bits per heavy atom. The number of benzene rings is 2. The van der Waals surface area contributed by atoms with Crippen LogP contribution in [-0.4, -0.2) is 26.3 Å². The van der Waals surface area contributed by atoms with E-state index in [2.05, 4.69) is 41.4 Å². The van der Waals surface area contributed by atoms with Gasteiger partial charge in [-0.3, -0.25) is 0 Å². The molecule has 0 N–H and O–H groups in total. The molecule has 144 valence electrons. The first-order valence-electron chi connectivity index (χ1n) is 8.87. The summed E-state index contributed by atoms with van der Waals surface area (Å²) in [4.78, 5) is 2.16. The normalized spacial score (nSPS) is 13.3. The van der Waals surface area contributed by atoms with Crippen LogP contribution in [0.3, 0.4) is 0 Å². The fourth-order valence-electron chi connectivity index (χ4n) is 3.14. The predicted octanol–water partition coefficient (Wildman–Crippen LogP) is 6.65. The molecule has 0 spiro atoms. The molecule has 8 heteroatoms. The molecule has 0 saturated carbocycles. The Balaban J connectivity index is 1.54. The van der Waals surface area contributed by atoms with Gasteiger partial charge in [-0.1, -0.05) is 58.7 Å². The van der Waals surface area contributed by atoms with E-state index >= 15 is 0 Å². The van der Waals surface area contributed by atoms with Gasteiger partial charge in [-0.2, -0.15) is 9.78 Å². The zero-order chi connectivity index (χ0) is 20.0. The summed E-state index contributed by atoms with van der Waals surface area (Å²) in [7, 11) is 0. The van der Waals surface area contributed by atoms with Gasteiger partial charge in [-0.15, -0.1) is 21.5 Å². The van der Waals surface area contributed by atoms with Crippen LogP contribution in [0.1, 0.15) is 10.4 Å². The predicted molar refractivity (Wildman–Crippen MR) is 123 cm³/mol. The molecular formula is C21H14Cl2N4S2. The second kappa shape index (κ2) is 7.61. The van der Waals surface area contributed by atoms with E-state index in [1.165, 1.54) is 5.56 Å². The Morgan fingerprint density at radius 2 is 1.83 bits per heavy atom. The van der Waals surface area contributed by atoms with Gasteiger partial charge in [0.15, 0.2) is 5.82 Å². The Bertz CT molecular complexity index is 1260. The Hall–Kier alpha value is -2.12. The van der Waals surface area contributed by atoms with Crippen molar-refractivity contribution in [3.05, 3.63) is 75.1 Å². The third-order valence-electron chi connectivity index (χ3n) is 4.53. The van der Waals surface area contributed by atoms with Gasteiger partial charge in [0.25, 0.3) is 0 Å². The van der Waals surface area contributed by atoms with Crippen molar-refractivity contribution in [3.8, 4) is 21.8 Å². The van der Waals surface area contributed by atoms with Crippen LogP contribution < -0.4 is 0 Å². The minimum Gasteiger partial charge on any atom is -0.186 e. The molecule has 4 aromatic rings. The highest BCUT2D eigenvalue weighted by Crippen LogP contribution is 2.37. The molecule has 29 heavy (non-hydrogen) atoms. The maximum Gasteiger partial charge on any atom is 0.212 e. The fourth-order valence-corrected chi connectivity index (χ4v) is 5.52. The second-order valence-corrected chi connectivity index (χ2v) is 9.48. The highest BCUT2D eigenvalue weighted by Gasteiger charge is 2.22. The third-order valence-corrected chi connectivity index (χ3v) is 7.19. The number of fused-ring (bicyclic) bond motifs is 1. The van der Waals surface area contributed by atoms with Crippen molar-refractivity contribution in [1.82, 2.24) is 14.9 Å². The standard InChI is InChI=1S/C21H14Cl2N4S2/c1-12-3-2-4-13(9-12)20-24-25-21-27(20)26-17(11-28-21)19-8-7-18(29-19)15-10-14(22)5-6-16(15)23/h2-10H,11H2,1H3. The number of thiophene rings is 1. The quantitative estimate of drug-likeness (QED) is 0.346. The second-order valence-electron chi connectivity index (χ2n) is 6.61. The molecule has 4 nitrogen and oxygen atoms in total. The summed E-state index contributed by atoms with van der Waals surface area (Å²) >= 11 is 15.8. The van der Waals surface area contributed by atoms with Crippen molar-refractivity contribution in [2.45, 2.75) is 12.1 Å². The van der Waals surface area contributed by atoms with E-state index in [4.69, 9.17) is 28.3 Å². The van der Waals surface area contributed by atoms with Gasteiger partial charge < -0.3 is 0 Å². The number of aryl methyl sites for hydroxylation is 1. The monoisotopic (exact) mass is 456 g/mol. The highest BCUT2D eigenvalue weighted by molar-refractivity contribution is 7.99. The van der Waals surface area contributed by atoms with E-state index in [9.17, 15) is 0 Å². The van der Waals surface area contributed by atoms with Crippen LogP contribution >= 0.6 is 46.3 Å². The number of thioether (sulfide) groups is 1. The highest BCUT2D eigenvalue weighted by atomic mass is 35.5. The molecule has 0 radical (unpaired) electrons. The van der Waals surface area contributed by atoms with Crippen LogP contribution in [0.5, 0.6) is 0 Å². The Morgan fingerprint density at radius 3 is 2.69 bits per heavy atom. The van der Waals surface area contributed by atoms with Gasteiger partial charge in [0.1, 0.15) is 0 Å². The van der Waals surface area contributed by atoms with Crippen LogP contribution in [0, 0.1) is 6.92 Å². The van der Waals surface area contributed by atoms with Crippen LogP contribution in [-0.2, 0) is 0 Å². The third kappa shape index (κ3) is 3.62. The molecule has 1 aliphatic rings. The molecule has 0 atom stereocenters. The summed E-state index contributed by atoms with van der Waals surface area (Å²) in [6.07, 6.45) is 0. The molecule has 2 aromatic carbocycles. The first kappa shape index (κ1) is 18.9. The molecule has 0 aliphatic carbocycles. The van der Waals surface area contributed by atoms with Gasteiger partial charge in [0.05, 0.1) is 10.6 Å². The minimum atomic E-state index is 0.668. The zero-order valence-corrected chi connectivity index (χ0v) is 18.4. The molecule has 0 fully saturated rings. The molecule has 5 rings (SSSR count). The molecule has 3 heterocycles. The lowest BCUT2D eigenvalue weighted by molar-refractivity contribution is 0.763. The van der Waals surface area contributed by atoms with Gasteiger partial charge in [-0.25, -0.2) is 0 Å². The van der Waals surface area contributed by atoms with E-state index in [-0.39, 0.29) is 0 Å². The van der Waals surface area contributed by atoms with Crippen molar-refractivity contribution >= 4 is 52.0 Å². The van der Waals surface area contributed by atoms with E-state index < -0.39 is 0 Å². The van der Waals surface area contributed by atoms with E-state index in [0.29, 0.717) is 10.0 Å². The Kier molecular flexibility index (Phi) is 4.95. The number of hydrogen-bond acceptors (Lipinski definition) is 5. The van der Waals surface area contributed by atoms with Gasteiger partial charge in [0.2, 0.25) is 5.16 Å². The van der Waals surface area contributed by atoms with Gasteiger partial charge in [-0.05, 0) is 43.3 Å². The van der Waals surface area contributed by atoms with Crippen molar-refractivity contribution in [1.29, 1.82) is 0 Å². The smallest absolute Gasteiger partial charge is 0.186 e. The van der Waals surface area contributed by atoms with Crippen LogP contribution in [0.15, 0.2) is 64.9 Å². The summed E-state index contributed by atoms with van der Waals surface area (Å²) in [6.45, 7) is 2.06. The molecule has 0 saturated heterocycles. The molecule has 2 aromatic heterocycles. The molecule has 0 amide bonds. The number of hydrogen-bond donors (Lipinski definition) is 0. The first-order chi connectivity index (χ1) is 14.1. The van der Waals surface area contributed by atoms with Crippen LogP contribution in [0.25, 0.3) is 21.8 Å². The fraction of sp³-hybridized carbons (Fsp3) is 0.0952. The summed E-state index contributed by atoms with van der Waals surface area (Å²) in [6, 6.07) is 17.9. The number of nitrogens with zero attached hydrogens (tertiary/aromatic N) is 4. The largest absolute Gasteiger partial charge is 0.212 e. The maximum atomic E-state index is 6.37. The van der Waals surface area contributed by atoms with Gasteiger partial charge in [0, 0.05) is 31.8 Å². The number of halogens is 2. The molecular weight excluding hydrogens is 443 g/mol. The zero-order valence-electron chi connectivity index (χ0n) is 15.3. The lowest BCUT2D eigenvalue weighted by Crippen LogP contribution is -2.12. The van der Waals surface area contributed by atoms with E-state index in [1.54, 1.807) is 29.2 Å². The molecule has 1 aliphatic heterocycles. The topological polar surface area (TPSA) is 43.1 Å². The minimum absolute atomic E-state index is 0.668. The van der Waals surface area contributed by atoms with Crippen molar-refractivity contribution in [2.24, 2.45) is 5.10 Å². The number of rotatable bonds is 3. The van der Waals surface area contributed by atoms with Crippen LogP contribution in [0.2, 0.25) is 10.0 Å². The SMILES string of the molecule is Cc1cccc(-c2nnc3n2N=C(c2ccc(-c4cc(Cl)ccc4Cl)s2)CS3)c1. The maximum absolute atomic E-state index is 6.37. The average Bonchev–Trinajstić information content (AvgIpc) is 3.36.